The standard InChI is InChI=1S/C31H25NO7/c1-37-21-15-16-26(38-2)23(18-21)29(34)27-28(32(31(36)30(27)35)24-13-6-7-14-25(24)33)19-9-8-12-22(17-19)39-20-10-4-3-5-11-20/h3-18,28,33-34H,1-2H3/b29-27+. The van der Waals surface area contributed by atoms with Gasteiger partial charge in [0.05, 0.1) is 37.1 Å². The van der Waals surface area contributed by atoms with Crippen molar-refractivity contribution in [3.8, 4) is 28.7 Å². The molecule has 0 saturated carbocycles. The molecule has 1 aliphatic heterocycles. The number of rotatable bonds is 7. The summed E-state index contributed by atoms with van der Waals surface area (Å²) >= 11 is 0. The van der Waals surface area contributed by atoms with Crippen LogP contribution in [0.5, 0.6) is 28.7 Å². The molecule has 2 N–H and O–H groups in total. The molecule has 0 aliphatic carbocycles. The second-order valence-corrected chi connectivity index (χ2v) is 8.71. The van der Waals surface area contributed by atoms with Crippen molar-refractivity contribution in [2.24, 2.45) is 0 Å². The number of phenolic OH excluding ortho intramolecular Hbond substituents is 1. The zero-order valence-electron chi connectivity index (χ0n) is 21.2. The third-order valence-electron chi connectivity index (χ3n) is 6.40. The number of aromatic hydroxyl groups is 1. The van der Waals surface area contributed by atoms with Crippen LogP contribution in [0.1, 0.15) is 17.2 Å². The van der Waals surface area contributed by atoms with E-state index in [4.69, 9.17) is 14.2 Å². The molecule has 0 spiro atoms. The highest BCUT2D eigenvalue weighted by molar-refractivity contribution is 6.52. The summed E-state index contributed by atoms with van der Waals surface area (Å²) in [5.41, 5.74) is 0.602. The Hall–Kier alpha value is -5.24. The van der Waals surface area contributed by atoms with Gasteiger partial charge in [-0.1, -0.05) is 42.5 Å². The smallest absolute Gasteiger partial charge is 0.300 e. The van der Waals surface area contributed by atoms with Gasteiger partial charge in [0.2, 0.25) is 0 Å². The molecule has 0 bridgehead atoms. The van der Waals surface area contributed by atoms with Crippen molar-refractivity contribution in [1.29, 1.82) is 0 Å². The van der Waals surface area contributed by atoms with Crippen molar-refractivity contribution >= 4 is 23.1 Å². The zero-order chi connectivity index (χ0) is 27.5. The number of aliphatic hydroxyl groups excluding tert-OH is 1. The maximum Gasteiger partial charge on any atom is 0.300 e. The van der Waals surface area contributed by atoms with E-state index in [2.05, 4.69) is 0 Å². The summed E-state index contributed by atoms with van der Waals surface area (Å²) in [5.74, 6) is -0.698. The number of carbonyl (C=O) groups excluding carboxylic acids is 2. The number of amides is 1. The number of anilines is 1. The van der Waals surface area contributed by atoms with Crippen LogP contribution in [0.4, 0.5) is 5.69 Å². The number of methoxy groups -OCH3 is 2. The predicted molar refractivity (Wildman–Crippen MR) is 145 cm³/mol. The average molecular weight is 524 g/mol. The topological polar surface area (TPSA) is 106 Å². The van der Waals surface area contributed by atoms with Crippen molar-refractivity contribution in [1.82, 2.24) is 0 Å². The number of aliphatic hydroxyl groups is 1. The number of carbonyl (C=O) groups is 2. The lowest BCUT2D eigenvalue weighted by molar-refractivity contribution is -0.132. The van der Waals surface area contributed by atoms with E-state index in [1.165, 1.54) is 37.3 Å². The molecule has 1 atom stereocenters. The van der Waals surface area contributed by atoms with E-state index < -0.39 is 23.5 Å². The van der Waals surface area contributed by atoms with Crippen LogP contribution in [0.3, 0.4) is 0 Å². The van der Waals surface area contributed by atoms with Gasteiger partial charge in [0.25, 0.3) is 11.7 Å². The van der Waals surface area contributed by atoms with Gasteiger partial charge in [0.1, 0.15) is 34.5 Å². The summed E-state index contributed by atoms with van der Waals surface area (Å²) in [6.07, 6.45) is 0. The van der Waals surface area contributed by atoms with Gasteiger partial charge in [-0.15, -0.1) is 0 Å². The fraction of sp³-hybridized carbons (Fsp3) is 0.0968. The van der Waals surface area contributed by atoms with Gasteiger partial charge in [-0.25, -0.2) is 0 Å². The van der Waals surface area contributed by atoms with Crippen molar-refractivity contribution in [3.63, 3.8) is 0 Å². The molecule has 1 fully saturated rings. The molecule has 0 aromatic heterocycles. The van der Waals surface area contributed by atoms with Gasteiger partial charge in [-0.3, -0.25) is 14.5 Å². The Labute approximate surface area is 224 Å². The first-order chi connectivity index (χ1) is 18.9. The Morgan fingerprint density at radius 1 is 0.769 bits per heavy atom. The quantitative estimate of drug-likeness (QED) is 0.178. The van der Waals surface area contributed by atoms with Crippen LogP contribution in [0.2, 0.25) is 0 Å². The molecule has 1 saturated heterocycles. The number of para-hydroxylation sites is 3. The first-order valence-corrected chi connectivity index (χ1v) is 12.1. The summed E-state index contributed by atoms with van der Waals surface area (Å²) in [6.45, 7) is 0. The minimum atomic E-state index is -1.09. The molecule has 1 unspecified atom stereocenters. The lowest BCUT2D eigenvalue weighted by Crippen LogP contribution is -2.29. The minimum absolute atomic E-state index is 0.121. The SMILES string of the molecule is COc1ccc(OC)c(/C(O)=C2\C(=O)C(=O)N(c3ccccc3O)C2c2cccc(Oc3ccccc3)c2)c1. The Morgan fingerprint density at radius 3 is 2.21 bits per heavy atom. The number of Topliss-reactive ketones (excluding diaryl/α,β-unsaturated/α-hetero) is 1. The third kappa shape index (κ3) is 4.75. The van der Waals surface area contributed by atoms with E-state index in [-0.39, 0.29) is 28.3 Å². The number of hydrogen-bond donors (Lipinski definition) is 2. The molecule has 1 aliphatic rings. The van der Waals surface area contributed by atoms with Crippen LogP contribution in [0.15, 0.2) is 103 Å². The molecular formula is C31H25NO7. The van der Waals surface area contributed by atoms with Crippen LogP contribution in [-0.4, -0.2) is 36.1 Å². The number of hydrogen-bond acceptors (Lipinski definition) is 7. The number of benzene rings is 4. The number of nitrogens with zero attached hydrogens (tertiary/aromatic N) is 1. The Balaban J connectivity index is 1.72. The number of phenols is 1. The lowest BCUT2D eigenvalue weighted by atomic mass is 9.94. The fourth-order valence-corrected chi connectivity index (χ4v) is 4.58. The van der Waals surface area contributed by atoms with Gasteiger partial charge in [0, 0.05) is 0 Å². The summed E-state index contributed by atoms with van der Waals surface area (Å²) < 4.78 is 16.7. The maximum atomic E-state index is 13.5. The maximum absolute atomic E-state index is 13.5. The number of ketones is 1. The zero-order valence-corrected chi connectivity index (χ0v) is 21.2. The van der Waals surface area contributed by atoms with E-state index in [0.717, 1.165) is 0 Å². The van der Waals surface area contributed by atoms with Gasteiger partial charge < -0.3 is 24.4 Å². The van der Waals surface area contributed by atoms with Crippen molar-refractivity contribution in [3.05, 3.63) is 114 Å². The first-order valence-electron chi connectivity index (χ1n) is 12.1. The summed E-state index contributed by atoms with van der Waals surface area (Å²) in [6, 6.07) is 25.9. The molecule has 196 valence electrons. The van der Waals surface area contributed by atoms with Crippen LogP contribution in [0, 0.1) is 0 Å². The molecule has 4 aromatic carbocycles. The van der Waals surface area contributed by atoms with Gasteiger partial charge in [-0.2, -0.15) is 0 Å². The van der Waals surface area contributed by atoms with Crippen LogP contribution in [-0.2, 0) is 9.59 Å². The summed E-state index contributed by atoms with van der Waals surface area (Å²) in [5, 5.41) is 22.2. The highest BCUT2D eigenvalue weighted by Crippen LogP contribution is 2.46. The van der Waals surface area contributed by atoms with Gasteiger partial charge in [0.15, 0.2) is 0 Å². The molecule has 0 radical (unpaired) electrons. The normalized spacial score (nSPS) is 16.3. The van der Waals surface area contributed by atoms with Crippen molar-refractivity contribution in [2.75, 3.05) is 19.1 Å². The van der Waals surface area contributed by atoms with Gasteiger partial charge in [-0.05, 0) is 60.2 Å². The molecular weight excluding hydrogens is 498 g/mol. The van der Waals surface area contributed by atoms with Crippen LogP contribution in [0.25, 0.3) is 5.76 Å². The highest BCUT2D eigenvalue weighted by atomic mass is 16.5. The first kappa shape index (κ1) is 25.4. The van der Waals surface area contributed by atoms with Gasteiger partial charge >= 0.3 is 0 Å². The summed E-state index contributed by atoms with van der Waals surface area (Å²) in [4.78, 5) is 28.2. The monoisotopic (exact) mass is 523 g/mol. The molecule has 5 rings (SSSR count). The van der Waals surface area contributed by atoms with Crippen LogP contribution >= 0.6 is 0 Å². The fourth-order valence-electron chi connectivity index (χ4n) is 4.58. The third-order valence-corrected chi connectivity index (χ3v) is 6.40. The van der Waals surface area contributed by atoms with E-state index in [9.17, 15) is 19.8 Å². The van der Waals surface area contributed by atoms with E-state index in [1.807, 2.05) is 18.2 Å². The van der Waals surface area contributed by atoms with E-state index in [1.54, 1.807) is 60.7 Å². The molecule has 8 nitrogen and oxygen atoms in total. The molecule has 1 heterocycles. The highest BCUT2D eigenvalue weighted by Gasteiger charge is 2.48. The molecule has 39 heavy (non-hydrogen) atoms. The predicted octanol–water partition coefficient (Wildman–Crippen LogP) is 5.83. The largest absolute Gasteiger partial charge is 0.507 e. The molecule has 4 aromatic rings. The van der Waals surface area contributed by atoms with E-state index >= 15 is 0 Å². The second kappa shape index (κ2) is 10.6. The minimum Gasteiger partial charge on any atom is -0.507 e. The Morgan fingerprint density at radius 2 is 1.49 bits per heavy atom. The second-order valence-electron chi connectivity index (χ2n) is 8.71. The Bertz CT molecular complexity index is 1580. The van der Waals surface area contributed by atoms with Crippen molar-refractivity contribution in [2.45, 2.75) is 6.04 Å². The van der Waals surface area contributed by atoms with E-state index in [0.29, 0.717) is 22.8 Å². The molecule has 1 amide bonds. The van der Waals surface area contributed by atoms with Crippen molar-refractivity contribution < 1.29 is 34.0 Å². The lowest BCUT2D eigenvalue weighted by Gasteiger charge is -2.26. The molecule has 8 heteroatoms. The summed E-state index contributed by atoms with van der Waals surface area (Å²) in [7, 11) is 2.90. The van der Waals surface area contributed by atoms with Crippen LogP contribution < -0.4 is 19.1 Å². The number of ether oxygens (including phenoxy) is 3. The average Bonchev–Trinajstić information content (AvgIpc) is 3.23. The Kier molecular flexibility index (Phi) is 6.93.